The van der Waals surface area contributed by atoms with Crippen LogP contribution in [0, 0.1) is 18.3 Å². The summed E-state index contributed by atoms with van der Waals surface area (Å²) in [5.41, 5.74) is 3.73. The van der Waals surface area contributed by atoms with Gasteiger partial charge in [0.2, 0.25) is 5.88 Å². The van der Waals surface area contributed by atoms with E-state index in [-0.39, 0.29) is 5.79 Å². The van der Waals surface area contributed by atoms with Gasteiger partial charge in [0.15, 0.2) is 5.79 Å². The number of nitrogens with zero attached hydrogens (tertiary/aromatic N) is 2. The average Bonchev–Trinajstić information content (AvgIpc) is 3.14. The largest absolute Gasteiger partial charge is 0.439 e. The van der Waals surface area contributed by atoms with Crippen molar-refractivity contribution in [3.05, 3.63) is 58.8 Å². The van der Waals surface area contributed by atoms with E-state index in [9.17, 15) is 0 Å². The number of pyridine rings is 1. The van der Waals surface area contributed by atoms with Crippen molar-refractivity contribution in [3.63, 3.8) is 0 Å². The molecule has 1 saturated carbocycles. The first kappa shape index (κ1) is 17.7. The molecule has 2 aliphatic rings. The van der Waals surface area contributed by atoms with Crippen LogP contribution in [0.25, 0.3) is 6.08 Å². The molecule has 1 aliphatic heterocycles. The standard InChI is InChI=1S/C22H22N2O3/c1-16-5-6-21(24-20(16)15-23)27-19-4-2-3-18(14-19)13-17-7-9-22(10-8-17)25-11-12-26-22/h2-6,13-14H,7-12H2,1H3. The summed E-state index contributed by atoms with van der Waals surface area (Å²) >= 11 is 0. The summed E-state index contributed by atoms with van der Waals surface area (Å²) in [5.74, 6) is 0.800. The third-order valence-electron chi connectivity index (χ3n) is 5.10. The minimum absolute atomic E-state index is 0.335. The van der Waals surface area contributed by atoms with Gasteiger partial charge in [-0.1, -0.05) is 29.8 Å². The highest BCUT2D eigenvalue weighted by Gasteiger charge is 2.38. The monoisotopic (exact) mass is 362 g/mol. The quantitative estimate of drug-likeness (QED) is 0.788. The van der Waals surface area contributed by atoms with Gasteiger partial charge in [-0.15, -0.1) is 0 Å². The Morgan fingerprint density at radius 3 is 2.67 bits per heavy atom. The van der Waals surface area contributed by atoms with E-state index in [4.69, 9.17) is 19.5 Å². The molecule has 138 valence electrons. The second-order valence-corrected chi connectivity index (χ2v) is 7.01. The van der Waals surface area contributed by atoms with E-state index in [1.54, 1.807) is 6.07 Å². The van der Waals surface area contributed by atoms with E-state index < -0.39 is 0 Å². The normalized spacial score (nSPS) is 18.3. The molecule has 2 fully saturated rings. The minimum atomic E-state index is -0.335. The minimum Gasteiger partial charge on any atom is -0.439 e. The second-order valence-electron chi connectivity index (χ2n) is 7.01. The molecule has 2 aromatic rings. The maximum Gasteiger partial charge on any atom is 0.220 e. The number of nitriles is 1. The first-order chi connectivity index (χ1) is 13.2. The molecular weight excluding hydrogens is 340 g/mol. The number of hydrogen-bond donors (Lipinski definition) is 0. The maximum atomic E-state index is 9.12. The van der Waals surface area contributed by atoms with Gasteiger partial charge in [-0.2, -0.15) is 5.26 Å². The Morgan fingerprint density at radius 1 is 1.15 bits per heavy atom. The SMILES string of the molecule is Cc1ccc(Oc2cccc(C=C3CCC4(CC3)OCCO4)c2)nc1C#N. The summed E-state index contributed by atoms with van der Waals surface area (Å²) in [5, 5.41) is 9.12. The lowest BCUT2D eigenvalue weighted by Crippen LogP contribution is -2.33. The molecular formula is C22H22N2O3. The van der Waals surface area contributed by atoms with Crippen molar-refractivity contribution in [3.8, 4) is 17.7 Å². The van der Waals surface area contributed by atoms with Crippen molar-refractivity contribution in [2.24, 2.45) is 0 Å². The van der Waals surface area contributed by atoms with Gasteiger partial charge in [0.05, 0.1) is 13.2 Å². The fourth-order valence-electron chi connectivity index (χ4n) is 3.59. The number of aromatic nitrogens is 1. The number of rotatable bonds is 3. The van der Waals surface area contributed by atoms with Crippen LogP contribution in [-0.2, 0) is 9.47 Å². The van der Waals surface area contributed by atoms with Crippen LogP contribution < -0.4 is 4.74 Å². The van der Waals surface area contributed by atoms with Gasteiger partial charge in [-0.05, 0) is 43.0 Å². The van der Waals surface area contributed by atoms with Crippen LogP contribution in [0.15, 0.2) is 42.0 Å². The lowest BCUT2D eigenvalue weighted by Gasteiger charge is -2.32. The van der Waals surface area contributed by atoms with Crippen molar-refractivity contribution in [2.75, 3.05) is 13.2 Å². The van der Waals surface area contributed by atoms with E-state index in [2.05, 4.69) is 23.2 Å². The Morgan fingerprint density at radius 2 is 1.93 bits per heavy atom. The summed E-state index contributed by atoms with van der Waals surface area (Å²) in [6, 6.07) is 13.6. The molecule has 0 amide bonds. The first-order valence-corrected chi connectivity index (χ1v) is 9.29. The Balaban J connectivity index is 1.46. The Kier molecular flexibility index (Phi) is 4.93. The molecule has 4 rings (SSSR count). The molecule has 0 N–H and O–H groups in total. The van der Waals surface area contributed by atoms with E-state index in [0.29, 0.717) is 30.5 Å². The third kappa shape index (κ3) is 4.02. The molecule has 1 aromatic heterocycles. The lowest BCUT2D eigenvalue weighted by atomic mass is 9.88. The van der Waals surface area contributed by atoms with Crippen LogP contribution in [0.2, 0.25) is 0 Å². The van der Waals surface area contributed by atoms with E-state index in [1.807, 2.05) is 31.2 Å². The van der Waals surface area contributed by atoms with Crippen LogP contribution in [0.5, 0.6) is 11.6 Å². The van der Waals surface area contributed by atoms with Gasteiger partial charge in [-0.25, -0.2) is 4.98 Å². The van der Waals surface area contributed by atoms with Crippen molar-refractivity contribution in [1.29, 1.82) is 5.26 Å². The predicted molar refractivity (Wildman–Crippen MR) is 101 cm³/mol. The highest BCUT2D eigenvalue weighted by atomic mass is 16.7. The van der Waals surface area contributed by atoms with E-state index in [0.717, 1.165) is 36.8 Å². The fraction of sp³-hybridized carbons (Fsp3) is 0.364. The molecule has 5 heteroatoms. The van der Waals surface area contributed by atoms with Crippen molar-refractivity contribution >= 4 is 6.08 Å². The molecule has 27 heavy (non-hydrogen) atoms. The van der Waals surface area contributed by atoms with Crippen LogP contribution in [0.4, 0.5) is 0 Å². The Bertz CT molecular complexity index is 896. The maximum absolute atomic E-state index is 9.12. The van der Waals surface area contributed by atoms with Crippen LogP contribution in [0.1, 0.15) is 42.5 Å². The fourth-order valence-corrected chi connectivity index (χ4v) is 3.59. The smallest absolute Gasteiger partial charge is 0.220 e. The highest BCUT2D eigenvalue weighted by molar-refractivity contribution is 5.55. The molecule has 1 saturated heterocycles. The first-order valence-electron chi connectivity index (χ1n) is 9.29. The lowest BCUT2D eigenvalue weighted by molar-refractivity contribution is -0.171. The van der Waals surface area contributed by atoms with E-state index >= 15 is 0 Å². The van der Waals surface area contributed by atoms with Crippen LogP contribution >= 0.6 is 0 Å². The van der Waals surface area contributed by atoms with Crippen LogP contribution in [-0.4, -0.2) is 24.0 Å². The molecule has 1 spiro atoms. The Hall–Kier alpha value is -2.68. The molecule has 0 bridgehead atoms. The molecule has 0 atom stereocenters. The van der Waals surface area contributed by atoms with Gasteiger partial charge >= 0.3 is 0 Å². The number of hydrogen-bond acceptors (Lipinski definition) is 5. The topological polar surface area (TPSA) is 64.4 Å². The highest BCUT2D eigenvalue weighted by Crippen LogP contribution is 2.38. The van der Waals surface area contributed by atoms with Crippen LogP contribution in [0.3, 0.4) is 0 Å². The van der Waals surface area contributed by atoms with Crippen molar-refractivity contribution < 1.29 is 14.2 Å². The molecule has 1 aliphatic carbocycles. The molecule has 2 heterocycles. The van der Waals surface area contributed by atoms with Gasteiger partial charge in [0.25, 0.3) is 0 Å². The van der Waals surface area contributed by atoms with Gasteiger partial charge in [0, 0.05) is 18.9 Å². The number of allylic oxidation sites excluding steroid dienone is 1. The number of benzene rings is 1. The molecule has 0 unspecified atom stereocenters. The number of aryl methyl sites for hydroxylation is 1. The summed E-state index contributed by atoms with van der Waals surface area (Å²) in [6.07, 6.45) is 6.02. The molecule has 0 radical (unpaired) electrons. The summed E-state index contributed by atoms with van der Waals surface area (Å²) in [7, 11) is 0. The summed E-state index contributed by atoms with van der Waals surface area (Å²) in [4.78, 5) is 4.25. The molecule has 5 nitrogen and oxygen atoms in total. The third-order valence-corrected chi connectivity index (χ3v) is 5.10. The Labute approximate surface area is 159 Å². The van der Waals surface area contributed by atoms with Crippen molar-refractivity contribution in [1.82, 2.24) is 4.98 Å². The summed E-state index contributed by atoms with van der Waals surface area (Å²) < 4.78 is 17.4. The second kappa shape index (κ2) is 7.51. The van der Waals surface area contributed by atoms with Crippen molar-refractivity contribution in [2.45, 2.75) is 38.4 Å². The predicted octanol–water partition coefficient (Wildman–Crippen LogP) is 4.75. The van der Waals surface area contributed by atoms with E-state index in [1.165, 1.54) is 5.57 Å². The zero-order valence-electron chi connectivity index (χ0n) is 15.4. The number of ether oxygens (including phenoxy) is 3. The van der Waals surface area contributed by atoms with Gasteiger partial charge in [-0.3, -0.25) is 0 Å². The summed E-state index contributed by atoms with van der Waals surface area (Å²) in [6.45, 7) is 3.27. The average molecular weight is 362 g/mol. The molecule has 1 aromatic carbocycles. The zero-order chi connectivity index (χ0) is 18.7. The van der Waals surface area contributed by atoms with Gasteiger partial charge in [0.1, 0.15) is 17.5 Å². The van der Waals surface area contributed by atoms with Gasteiger partial charge < -0.3 is 14.2 Å². The zero-order valence-corrected chi connectivity index (χ0v) is 15.4.